The molecule has 3 atom stereocenters. The van der Waals surface area contributed by atoms with Gasteiger partial charge < -0.3 is 19.5 Å². The Morgan fingerprint density at radius 1 is 1.40 bits per heavy atom. The van der Waals surface area contributed by atoms with Crippen LogP contribution in [0, 0.1) is 16.7 Å². The van der Waals surface area contributed by atoms with E-state index >= 15 is 0 Å². The van der Waals surface area contributed by atoms with Crippen molar-refractivity contribution in [3.63, 3.8) is 0 Å². The molecule has 0 aromatic carbocycles. The molecule has 1 saturated heterocycles. The van der Waals surface area contributed by atoms with Gasteiger partial charge in [-0.3, -0.25) is 4.79 Å². The normalized spacial score (nSPS) is 37.0. The van der Waals surface area contributed by atoms with Gasteiger partial charge in [-0.05, 0) is 24.2 Å². The van der Waals surface area contributed by atoms with Gasteiger partial charge in [0.25, 0.3) is 0 Å². The Kier molecular flexibility index (Phi) is 4.72. The van der Waals surface area contributed by atoms with Crippen molar-refractivity contribution in [2.75, 3.05) is 40.2 Å². The first-order valence-corrected chi connectivity index (χ1v) is 7.40. The Morgan fingerprint density at radius 3 is 2.75 bits per heavy atom. The molecule has 1 N–H and O–H groups in total. The van der Waals surface area contributed by atoms with Gasteiger partial charge in [-0.15, -0.1) is 0 Å². The summed E-state index contributed by atoms with van der Waals surface area (Å²) in [6, 6.07) is 0. The molecule has 2 fully saturated rings. The first kappa shape index (κ1) is 15.7. The number of ether oxygens (including phenoxy) is 2. The Labute approximate surface area is 121 Å². The minimum Gasteiger partial charge on any atom is -0.396 e. The summed E-state index contributed by atoms with van der Waals surface area (Å²) in [6.07, 6.45) is 3.20. The Bertz CT molecular complexity index is 362. The number of hydrogen-bond acceptors (Lipinski definition) is 4. The van der Waals surface area contributed by atoms with Crippen LogP contribution >= 0.6 is 0 Å². The molecule has 2 aliphatic rings. The summed E-state index contributed by atoms with van der Waals surface area (Å²) >= 11 is 0. The van der Waals surface area contributed by atoms with Gasteiger partial charge in [-0.25, -0.2) is 0 Å². The summed E-state index contributed by atoms with van der Waals surface area (Å²) in [4.78, 5) is 13.8. The second kappa shape index (κ2) is 6.00. The number of hydrogen-bond donors (Lipinski definition) is 1. The van der Waals surface area contributed by atoms with Crippen molar-refractivity contribution in [2.45, 2.75) is 33.1 Å². The lowest BCUT2D eigenvalue weighted by Gasteiger charge is -2.59. The van der Waals surface area contributed by atoms with Crippen LogP contribution in [0.2, 0.25) is 0 Å². The highest BCUT2D eigenvalue weighted by atomic mass is 16.7. The van der Waals surface area contributed by atoms with Crippen LogP contribution in [0.3, 0.4) is 0 Å². The molecule has 5 heteroatoms. The van der Waals surface area contributed by atoms with Gasteiger partial charge in [0, 0.05) is 39.1 Å². The van der Waals surface area contributed by atoms with Crippen molar-refractivity contribution in [1.29, 1.82) is 0 Å². The molecule has 1 saturated carbocycles. The van der Waals surface area contributed by atoms with E-state index in [0.29, 0.717) is 13.2 Å². The van der Waals surface area contributed by atoms with Gasteiger partial charge in [0.15, 0.2) is 0 Å². The van der Waals surface area contributed by atoms with Crippen molar-refractivity contribution in [3.05, 3.63) is 0 Å². The Balaban J connectivity index is 2.24. The van der Waals surface area contributed by atoms with Crippen LogP contribution < -0.4 is 0 Å². The molecule has 2 rings (SSSR count). The van der Waals surface area contributed by atoms with Crippen LogP contribution in [0.4, 0.5) is 0 Å². The van der Waals surface area contributed by atoms with Crippen molar-refractivity contribution in [2.24, 2.45) is 16.7 Å². The lowest BCUT2D eigenvalue weighted by molar-refractivity contribution is -0.178. The fourth-order valence-electron chi connectivity index (χ4n) is 4.37. The lowest BCUT2D eigenvalue weighted by atomic mass is 9.53. The maximum Gasteiger partial charge on any atom is 0.219 e. The van der Waals surface area contributed by atoms with Crippen molar-refractivity contribution in [3.8, 4) is 0 Å². The zero-order valence-corrected chi connectivity index (χ0v) is 12.9. The fraction of sp³-hybridized carbons (Fsp3) is 0.933. The number of nitrogens with zero attached hydrogens (tertiary/aromatic N) is 1. The van der Waals surface area contributed by atoms with E-state index in [9.17, 15) is 9.90 Å². The molecule has 5 nitrogen and oxygen atoms in total. The summed E-state index contributed by atoms with van der Waals surface area (Å²) in [6.45, 7) is 6.24. The van der Waals surface area contributed by atoms with Crippen LogP contribution in [-0.2, 0) is 14.3 Å². The van der Waals surface area contributed by atoms with Gasteiger partial charge in [0.2, 0.25) is 5.91 Å². The van der Waals surface area contributed by atoms with Crippen LogP contribution in [-0.4, -0.2) is 56.1 Å². The molecule has 1 heterocycles. The minimum absolute atomic E-state index is 0.00660. The number of aliphatic hydroxyl groups excluding tert-OH is 1. The molecular weight excluding hydrogens is 258 g/mol. The SMILES string of the molecule is COCOC[C@@]12CCC[C@@](C)(CN(C(C)=O)C1)[C@H]2CO. The van der Waals surface area contributed by atoms with E-state index < -0.39 is 0 Å². The molecule has 0 unspecified atom stereocenters. The molecule has 1 aliphatic carbocycles. The van der Waals surface area contributed by atoms with Gasteiger partial charge in [-0.2, -0.15) is 0 Å². The predicted molar refractivity (Wildman–Crippen MR) is 75.0 cm³/mol. The summed E-state index contributed by atoms with van der Waals surface area (Å²) in [7, 11) is 1.61. The quantitative estimate of drug-likeness (QED) is 0.610. The number of carbonyl (C=O) groups is 1. The Morgan fingerprint density at radius 2 is 2.15 bits per heavy atom. The molecule has 0 aromatic heterocycles. The smallest absolute Gasteiger partial charge is 0.219 e. The number of fused-ring (bicyclic) bond motifs is 2. The summed E-state index contributed by atoms with van der Waals surface area (Å²) < 4.78 is 10.6. The second-order valence-corrected chi connectivity index (χ2v) is 6.74. The third-order valence-corrected chi connectivity index (χ3v) is 5.28. The number of methoxy groups -OCH3 is 1. The summed E-state index contributed by atoms with van der Waals surface area (Å²) in [5.74, 6) is 0.307. The zero-order chi connectivity index (χ0) is 14.8. The van der Waals surface area contributed by atoms with Gasteiger partial charge >= 0.3 is 0 Å². The molecule has 0 spiro atoms. The number of rotatable bonds is 5. The third kappa shape index (κ3) is 2.71. The number of amides is 1. The molecule has 2 bridgehead atoms. The fourth-order valence-corrected chi connectivity index (χ4v) is 4.37. The van der Waals surface area contributed by atoms with E-state index in [1.165, 1.54) is 0 Å². The molecular formula is C15H27NO4. The maximum absolute atomic E-state index is 11.8. The molecule has 0 aromatic rings. The summed E-state index contributed by atoms with van der Waals surface area (Å²) in [5, 5.41) is 9.92. The van der Waals surface area contributed by atoms with Crippen LogP contribution in [0.15, 0.2) is 0 Å². The van der Waals surface area contributed by atoms with Gasteiger partial charge in [-0.1, -0.05) is 13.3 Å². The highest BCUT2D eigenvalue weighted by Crippen LogP contribution is 2.55. The van der Waals surface area contributed by atoms with Crippen LogP contribution in [0.5, 0.6) is 0 Å². The number of carbonyl (C=O) groups excluding carboxylic acids is 1. The van der Waals surface area contributed by atoms with Gasteiger partial charge in [0.05, 0.1) is 6.61 Å². The Hall–Kier alpha value is -0.650. The molecule has 1 amide bonds. The maximum atomic E-state index is 11.8. The minimum atomic E-state index is -0.135. The standard InChI is InChI=1S/C15H27NO4/c1-12(18)16-8-14(2)5-4-6-15(9-16,13(14)7-17)10-20-11-19-3/h13,17H,4-11H2,1-3H3/t13-,14+,15-/m1/s1. The average molecular weight is 285 g/mol. The molecule has 116 valence electrons. The largest absolute Gasteiger partial charge is 0.396 e. The van der Waals surface area contributed by atoms with E-state index in [4.69, 9.17) is 9.47 Å². The number of likely N-dealkylation sites (tertiary alicyclic amines) is 1. The van der Waals surface area contributed by atoms with E-state index in [2.05, 4.69) is 6.92 Å². The zero-order valence-electron chi connectivity index (χ0n) is 12.9. The first-order chi connectivity index (χ1) is 9.47. The van der Waals surface area contributed by atoms with Crippen LogP contribution in [0.1, 0.15) is 33.1 Å². The van der Waals surface area contributed by atoms with Crippen molar-refractivity contribution < 1.29 is 19.4 Å². The molecule has 20 heavy (non-hydrogen) atoms. The predicted octanol–water partition coefficient (Wildman–Crippen LogP) is 1.25. The highest BCUT2D eigenvalue weighted by Gasteiger charge is 2.56. The highest BCUT2D eigenvalue weighted by molar-refractivity contribution is 5.73. The molecule has 0 radical (unpaired) electrons. The monoisotopic (exact) mass is 285 g/mol. The number of aliphatic hydroxyl groups is 1. The van der Waals surface area contributed by atoms with E-state index in [1.807, 2.05) is 4.90 Å². The van der Waals surface area contributed by atoms with E-state index in [1.54, 1.807) is 14.0 Å². The third-order valence-electron chi connectivity index (χ3n) is 5.28. The van der Waals surface area contributed by atoms with E-state index in [0.717, 1.165) is 25.8 Å². The van der Waals surface area contributed by atoms with E-state index in [-0.39, 0.29) is 36.1 Å². The lowest BCUT2D eigenvalue weighted by Crippen LogP contribution is -2.63. The average Bonchev–Trinajstić information content (AvgIpc) is 2.37. The number of piperidine rings is 1. The first-order valence-electron chi connectivity index (χ1n) is 7.40. The molecule has 1 aliphatic heterocycles. The second-order valence-electron chi connectivity index (χ2n) is 6.74. The van der Waals surface area contributed by atoms with Gasteiger partial charge in [0.1, 0.15) is 6.79 Å². The summed E-state index contributed by atoms with van der Waals surface area (Å²) in [5.41, 5.74) is -0.141. The van der Waals surface area contributed by atoms with Crippen molar-refractivity contribution in [1.82, 2.24) is 4.90 Å². The topological polar surface area (TPSA) is 59.0 Å². The van der Waals surface area contributed by atoms with Crippen molar-refractivity contribution >= 4 is 5.91 Å². The van der Waals surface area contributed by atoms with Crippen LogP contribution in [0.25, 0.3) is 0 Å².